The van der Waals surface area contributed by atoms with Gasteiger partial charge in [0.15, 0.2) is 0 Å². The van der Waals surface area contributed by atoms with E-state index in [-0.39, 0.29) is 37.0 Å². The van der Waals surface area contributed by atoms with Crippen LogP contribution < -0.4 is 20.3 Å². The van der Waals surface area contributed by atoms with Gasteiger partial charge in [-0.25, -0.2) is 9.37 Å². The molecule has 0 aliphatic carbocycles. The van der Waals surface area contributed by atoms with Crippen molar-refractivity contribution >= 4 is 5.91 Å². The Kier molecular flexibility index (Phi) is 6.57. The molecule has 8 heteroatoms. The zero-order chi connectivity index (χ0) is 20.6. The number of rotatable bonds is 8. The Balaban J connectivity index is 1.54. The topological polar surface area (TPSA) is 82.5 Å². The van der Waals surface area contributed by atoms with Gasteiger partial charge in [0.05, 0.1) is 25.7 Å². The van der Waals surface area contributed by atoms with Crippen LogP contribution in [0.25, 0.3) is 11.3 Å². The standard InChI is InChI=1S/C21H20FN3O4/c1-28-19-5-3-2-4-17(19)18-12-21(27)25(14-24-18)13-20(26)23-10-11-29-16-8-6-15(22)7-9-16/h2-9,12,14H,10-11,13H2,1H3,(H,23,26). The van der Waals surface area contributed by atoms with Crippen LogP contribution in [0.4, 0.5) is 4.39 Å². The second kappa shape index (κ2) is 9.50. The van der Waals surface area contributed by atoms with Crippen molar-refractivity contribution in [2.45, 2.75) is 6.54 Å². The number of halogens is 1. The fourth-order valence-electron chi connectivity index (χ4n) is 2.65. The van der Waals surface area contributed by atoms with E-state index >= 15 is 0 Å². The van der Waals surface area contributed by atoms with Crippen molar-refractivity contribution in [1.82, 2.24) is 14.9 Å². The molecule has 3 aromatic rings. The van der Waals surface area contributed by atoms with Gasteiger partial charge in [-0.05, 0) is 36.4 Å². The van der Waals surface area contributed by atoms with Crippen molar-refractivity contribution in [3.8, 4) is 22.8 Å². The number of carbonyl (C=O) groups excluding carboxylic acids is 1. The number of hydrogen-bond donors (Lipinski definition) is 1. The number of benzene rings is 2. The Morgan fingerprint density at radius 2 is 1.93 bits per heavy atom. The molecule has 0 aliphatic rings. The monoisotopic (exact) mass is 397 g/mol. The molecule has 0 saturated heterocycles. The van der Waals surface area contributed by atoms with Crippen LogP contribution >= 0.6 is 0 Å². The van der Waals surface area contributed by atoms with Gasteiger partial charge in [-0.2, -0.15) is 0 Å². The lowest BCUT2D eigenvalue weighted by molar-refractivity contribution is -0.121. The van der Waals surface area contributed by atoms with Gasteiger partial charge in [0.2, 0.25) is 5.91 Å². The molecule has 0 radical (unpaired) electrons. The minimum absolute atomic E-state index is 0.158. The minimum Gasteiger partial charge on any atom is -0.496 e. The van der Waals surface area contributed by atoms with E-state index in [1.807, 2.05) is 12.1 Å². The molecule has 7 nitrogen and oxygen atoms in total. The van der Waals surface area contributed by atoms with Gasteiger partial charge in [0, 0.05) is 11.6 Å². The summed E-state index contributed by atoms with van der Waals surface area (Å²) in [4.78, 5) is 28.7. The van der Waals surface area contributed by atoms with Crippen LogP contribution in [0.3, 0.4) is 0 Å². The molecule has 1 N–H and O–H groups in total. The average Bonchev–Trinajstić information content (AvgIpc) is 2.74. The molecule has 3 rings (SSSR count). The molecule has 0 bridgehead atoms. The summed E-state index contributed by atoms with van der Waals surface area (Å²) in [6.07, 6.45) is 1.33. The number of methoxy groups -OCH3 is 1. The van der Waals surface area contributed by atoms with Gasteiger partial charge in [-0.15, -0.1) is 0 Å². The van der Waals surface area contributed by atoms with Crippen LogP contribution in [0.1, 0.15) is 0 Å². The number of para-hydroxylation sites is 1. The number of nitrogens with one attached hydrogen (secondary N) is 1. The Morgan fingerprint density at radius 1 is 1.17 bits per heavy atom. The van der Waals surface area contributed by atoms with Gasteiger partial charge in [-0.1, -0.05) is 12.1 Å². The third-order valence-corrected chi connectivity index (χ3v) is 4.08. The number of ether oxygens (including phenoxy) is 2. The van der Waals surface area contributed by atoms with E-state index in [9.17, 15) is 14.0 Å². The maximum Gasteiger partial charge on any atom is 0.254 e. The molecule has 1 heterocycles. The lowest BCUT2D eigenvalue weighted by Crippen LogP contribution is -2.34. The molecule has 150 valence electrons. The summed E-state index contributed by atoms with van der Waals surface area (Å²) in [6.45, 7) is 0.309. The van der Waals surface area contributed by atoms with Gasteiger partial charge >= 0.3 is 0 Å². The quantitative estimate of drug-likeness (QED) is 0.590. The number of carbonyl (C=O) groups is 1. The number of hydrogen-bond acceptors (Lipinski definition) is 5. The SMILES string of the molecule is COc1ccccc1-c1cc(=O)n(CC(=O)NCCOc2ccc(F)cc2)cn1. The first kappa shape index (κ1) is 20.1. The van der Waals surface area contributed by atoms with E-state index in [2.05, 4.69) is 10.3 Å². The highest BCUT2D eigenvalue weighted by Crippen LogP contribution is 2.26. The summed E-state index contributed by atoms with van der Waals surface area (Å²) in [5.74, 6) is 0.423. The van der Waals surface area contributed by atoms with Crippen molar-refractivity contribution in [1.29, 1.82) is 0 Å². The van der Waals surface area contributed by atoms with Gasteiger partial charge in [-0.3, -0.25) is 14.2 Å². The third kappa shape index (κ3) is 5.41. The van der Waals surface area contributed by atoms with E-state index < -0.39 is 0 Å². The summed E-state index contributed by atoms with van der Waals surface area (Å²) in [5.41, 5.74) is 0.817. The molecule has 0 unspecified atom stereocenters. The molecule has 0 saturated carbocycles. The Hall–Kier alpha value is -3.68. The van der Waals surface area contributed by atoms with Crippen LogP contribution in [-0.2, 0) is 11.3 Å². The van der Waals surface area contributed by atoms with Crippen molar-refractivity contribution < 1.29 is 18.7 Å². The number of amides is 1. The van der Waals surface area contributed by atoms with E-state index in [4.69, 9.17) is 9.47 Å². The average molecular weight is 397 g/mol. The van der Waals surface area contributed by atoms with E-state index in [1.165, 1.54) is 41.2 Å². The van der Waals surface area contributed by atoms with Crippen molar-refractivity contribution in [3.05, 3.63) is 77.1 Å². The van der Waals surface area contributed by atoms with Crippen LogP contribution in [-0.4, -0.2) is 35.7 Å². The van der Waals surface area contributed by atoms with Gasteiger partial charge in [0.25, 0.3) is 5.56 Å². The molecular weight excluding hydrogens is 377 g/mol. The van der Waals surface area contributed by atoms with Gasteiger partial charge in [0.1, 0.15) is 30.5 Å². The first-order valence-electron chi connectivity index (χ1n) is 8.92. The van der Waals surface area contributed by atoms with Crippen molar-refractivity contribution in [3.63, 3.8) is 0 Å². The molecule has 0 fully saturated rings. The molecule has 0 atom stereocenters. The summed E-state index contributed by atoms with van der Waals surface area (Å²) in [7, 11) is 1.55. The van der Waals surface area contributed by atoms with E-state index in [0.717, 1.165) is 0 Å². The first-order valence-corrected chi connectivity index (χ1v) is 8.92. The highest BCUT2D eigenvalue weighted by Gasteiger charge is 2.10. The minimum atomic E-state index is -0.349. The summed E-state index contributed by atoms with van der Waals surface area (Å²) in [6, 6.07) is 14.2. The Morgan fingerprint density at radius 3 is 2.66 bits per heavy atom. The summed E-state index contributed by atoms with van der Waals surface area (Å²) in [5, 5.41) is 2.66. The fraction of sp³-hybridized carbons (Fsp3) is 0.190. The molecule has 29 heavy (non-hydrogen) atoms. The fourth-order valence-corrected chi connectivity index (χ4v) is 2.65. The van der Waals surface area contributed by atoms with Crippen molar-refractivity contribution in [2.75, 3.05) is 20.3 Å². The zero-order valence-corrected chi connectivity index (χ0v) is 15.8. The molecule has 1 aromatic heterocycles. The molecule has 1 amide bonds. The zero-order valence-electron chi connectivity index (χ0n) is 15.8. The largest absolute Gasteiger partial charge is 0.496 e. The summed E-state index contributed by atoms with van der Waals surface area (Å²) < 4.78 is 24.7. The van der Waals surface area contributed by atoms with Gasteiger partial charge < -0.3 is 14.8 Å². The summed E-state index contributed by atoms with van der Waals surface area (Å²) >= 11 is 0. The highest BCUT2D eigenvalue weighted by atomic mass is 19.1. The second-order valence-corrected chi connectivity index (χ2v) is 6.09. The maximum absolute atomic E-state index is 12.8. The Labute approximate surface area is 166 Å². The highest BCUT2D eigenvalue weighted by molar-refractivity contribution is 5.75. The van der Waals surface area contributed by atoms with Crippen LogP contribution in [0.15, 0.2) is 65.7 Å². The number of aromatic nitrogens is 2. The molecular formula is C21H20FN3O4. The first-order chi connectivity index (χ1) is 14.1. The lowest BCUT2D eigenvalue weighted by atomic mass is 10.1. The maximum atomic E-state index is 12.8. The normalized spacial score (nSPS) is 10.4. The van der Waals surface area contributed by atoms with Crippen LogP contribution in [0.5, 0.6) is 11.5 Å². The van der Waals surface area contributed by atoms with E-state index in [1.54, 1.807) is 19.2 Å². The van der Waals surface area contributed by atoms with Crippen LogP contribution in [0, 0.1) is 5.82 Å². The van der Waals surface area contributed by atoms with Crippen molar-refractivity contribution in [2.24, 2.45) is 0 Å². The lowest BCUT2D eigenvalue weighted by Gasteiger charge is -2.10. The second-order valence-electron chi connectivity index (χ2n) is 6.09. The predicted molar refractivity (Wildman–Crippen MR) is 105 cm³/mol. The predicted octanol–water partition coefficient (Wildman–Crippen LogP) is 2.25. The smallest absolute Gasteiger partial charge is 0.254 e. The molecule has 0 aliphatic heterocycles. The van der Waals surface area contributed by atoms with Crippen LogP contribution in [0.2, 0.25) is 0 Å². The number of nitrogens with zero attached hydrogens (tertiary/aromatic N) is 2. The van der Waals surface area contributed by atoms with E-state index in [0.29, 0.717) is 22.8 Å². The Bertz CT molecular complexity index is 1030. The molecule has 2 aromatic carbocycles. The third-order valence-electron chi connectivity index (χ3n) is 4.08. The molecule has 0 spiro atoms.